The van der Waals surface area contributed by atoms with E-state index in [2.05, 4.69) is 10.6 Å². The largest absolute Gasteiger partial charge is 0.385 e. The molecular formula is C13H19FN2O2. The summed E-state index contributed by atoms with van der Waals surface area (Å²) in [5.74, 6) is -0.382. The van der Waals surface area contributed by atoms with Gasteiger partial charge in [-0.3, -0.25) is 4.79 Å². The van der Waals surface area contributed by atoms with Crippen molar-refractivity contribution in [2.45, 2.75) is 19.4 Å². The number of rotatable bonds is 7. The molecule has 0 aliphatic heterocycles. The first-order valence-corrected chi connectivity index (χ1v) is 5.92. The molecule has 1 aromatic carbocycles. The van der Waals surface area contributed by atoms with Gasteiger partial charge in [-0.2, -0.15) is 0 Å². The molecule has 0 saturated heterocycles. The topological polar surface area (TPSA) is 50.4 Å². The van der Waals surface area contributed by atoms with Gasteiger partial charge in [0.25, 0.3) is 0 Å². The number of nitrogens with one attached hydrogen (secondary N) is 2. The quantitative estimate of drug-likeness (QED) is 0.729. The van der Waals surface area contributed by atoms with Crippen molar-refractivity contribution >= 4 is 11.6 Å². The van der Waals surface area contributed by atoms with Crippen molar-refractivity contribution in [3.05, 3.63) is 30.1 Å². The Morgan fingerprint density at radius 2 is 2.06 bits per heavy atom. The van der Waals surface area contributed by atoms with Gasteiger partial charge >= 0.3 is 0 Å². The standard InChI is InChI=1S/C13H19FN2O2/c1-10(13(17)15-8-3-9-18-2)16-12-6-4-11(14)5-7-12/h4-7,10,16H,3,8-9H2,1-2H3,(H,15,17). The minimum absolute atomic E-state index is 0.0876. The van der Waals surface area contributed by atoms with Gasteiger partial charge in [0.1, 0.15) is 11.9 Å². The number of methoxy groups -OCH3 is 1. The Labute approximate surface area is 107 Å². The van der Waals surface area contributed by atoms with E-state index in [1.54, 1.807) is 26.2 Å². The summed E-state index contributed by atoms with van der Waals surface area (Å²) in [5.41, 5.74) is 0.718. The smallest absolute Gasteiger partial charge is 0.242 e. The average molecular weight is 254 g/mol. The molecular weight excluding hydrogens is 235 g/mol. The van der Waals surface area contributed by atoms with Gasteiger partial charge in [0, 0.05) is 25.9 Å². The molecule has 1 amide bonds. The van der Waals surface area contributed by atoms with Crippen LogP contribution in [0.4, 0.5) is 10.1 Å². The summed E-state index contributed by atoms with van der Waals surface area (Å²) in [4.78, 5) is 11.7. The van der Waals surface area contributed by atoms with Crippen LogP contribution < -0.4 is 10.6 Å². The van der Waals surface area contributed by atoms with Crippen LogP contribution in [-0.2, 0) is 9.53 Å². The lowest BCUT2D eigenvalue weighted by molar-refractivity contribution is -0.121. The molecule has 0 aromatic heterocycles. The zero-order valence-electron chi connectivity index (χ0n) is 10.7. The van der Waals surface area contributed by atoms with Crippen LogP contribution in [-0.4, -0.2) is 32.2 Å². The lowest BCUT2D eigenvalue weighted by Gasteiger charge is -2.15. The van der Waals surface area contributed by atoms with Crippen molar-refractivity contribution in [2.24, 2.45) is 0 Å². The van der Waals surface area contributed by atoms with Gasteiger partial charge in [-0.15, -0.1) is 0 Å². The number of hydrogen-bond donors (Lipinski definition) is 2. The Morgan fingerprint density at radius 3 is 2.67 bits per heavy atom. The highest BCUT2D eigenvalue weighted by Gasteiger charge is 2.11. The van der Waals surface area contributed by atoms with Gasteiger partial charge in [-0.1, -0.05) is 0 Å². The SMILES string of the molecule is COCCCNC(=O)C(C)Nc1ccc(F)cc1. The zero-order chi connectivity index (χ0) is 13.4. The normalized spacial score (nSPS) is 11.9. The molecule has 1 rings (SSSR count). The van der Waals surface area contributed by atoms with Crippen molar-refractivity contribution in [1.82, 2.24) is 5.32 Å². The predicted octanol–water partition coefficient (Wildman–Crippen LogP) is 1.78. The van der Waals surface area contributed by atoms with Crippen LogP contribution in [0.1, 0.15) is 13.3 Å². The fraction of sp³-hybridized carbons (Fsp3) is 0.462. The molecule has 0 radical (unpaired) electrons. The Balaban J connectivity index is 2.33. The second kappa shape index (κ2) is 7.66. The van der Waals surface area contributed by atoms with Crippen molar-refractivity contribution in [3.63, 3.8) is 0 Å². The number of benzene rings is 1. The number of halogens is 1. The lowest BCUT2D eigenvalue weighted by Crippen LogP contribution is -2.38. The molecule has 18 heavy (non-hydrogen) atoms. The number of hydrogen-bond acceptors (Lipinski definition) is 3. The Kier molecular flexibility index (Phi) is 6.14. The molecule has 100 valence electrons. The van der Waals surface area contributed by atoms with Crippen molar-refractivity contribution in [3.8, 4) is 0 Å². The monoisotopic (exact) mass is 254 g/mol. The molecule has 0 spiro atoms. The average Bonchev–Trinajstić information content (AvgIpc) is 2.37. The third-order valence-corrected chi connectivity index (χ3v) is 2.45. The van der Waals surface area contributed by atoms with E-state index in [0.717, 1.165) is 12.1 Å². The Hall–Kier alpha value is -1.62. The van der Waals surface area contributed by atoms with Crippen LogP contribution in [0.25, 0.3) is 0 Å². The molecule has 0 aliphatic rings. The maximum atomic E-state index is 12.7. The fourth-order valence-corrected chi connectivity index (χ4v) is 1.44. The minimum Gasteiger partial charge on any atom is -0.385 e. The van der Waals surface area contributed by atoms with Crippen LogP contribution in [0.5, 0.6) is 0 Å². The van der Waals surface area contributed by atoms with Gasteiger partial charge in [0.15, 0.2) is 0 Å². The summed E-state index contributed by atoms with van der Waals surface area (Å²) < 4.78 is 17.6. The van der Waals surface area contributed by atoms with Crippen LogP contribution in [0.2, 0.25) is 0 Å². The van der Waals surface area contributed by atoms with Crippen LogP contribution in [0.3, 0.4) is 0 Å². The van der Waals surface area contributed by atoms with Gasteiger partial charge in [0.05, 0.1) is 0 Å². The van der Waals surface area contributed by atoms with E-state index in [9.17, 15) is 9.18 Å². The highest BCUT2D eigenvalue weighted by molar-refractivity contribution is 5.84. The van der Waals surface area contributed by atoms with E-state index in [0.29, 0.717) is 13.2 Å². The van der Waals surface area contributed by atoms with E-state index in [1.807, 2.05) is 0 Å². The first kappa shape index (κ1) is 14.4. The summed E-state index contributed by atoms with van der Waals surface area (Å²) in [6, 6.07) is 5.54. The molecule has 1 unspecified atom stereocenters. The third kappa shape index (κ3) is 5.14. The maximum absolute atomic E-state index is 12.7. The van der Waals surface area contributed by atoms with E-state index >= 15 is 0 Å². The maximum Gasteiger partial charge on any atom is 0.242 e. The van der Waals surface area contributed by atoms with E-state index in [-0.39, 0.29) is 17.8 Å². The number of ether oxygens (including phenoxy) is 1. The molecule has 4 nitrogen and oxygen atoms in total. The Bertz CT molecular complexity index is 368. The predicted molar refractivity (Wildman–Crippen MR) is 69.0 cm³/mol. The summed E-state index contributed by atoms with van der Waals surface area (Å²) in [6.07, 6.45) is 0.783. The van der Waals surface area contributed by atoms with Crippen LogP contribution in [0, 0.1) is 5.82 Å². The number of amides is 1. The van der Waals surface area contributed by atoms with Crippen LogP contribution >= 0.6 is 0 Å². The fourth-order valence-electron chi connectivity index (χ4n) is 1.44. The molecule has 5 heteroatoms. The summed E-state index contributed by atoms with van der Waals surface area (Å²) in [6.45, 7) is 2.97. The highest BCUT2D eigenvalue weighted by Crippen LogP contribution is 2.09. The summed E-state index contributed by atoms with van der Waals surface area (Å²) in [5, 5.41) is 5.79. The van der Waals surface area contributed by atoms with Gasteiger partial charge < -0.3 is 15.4 Å². The molecule has 1 atom stereocenters. The highest BCUT2D eigenvalue weighted by atomic mass is 19.1. The van der Waals surface area contributed by atoms with Gasteiger partial charge in [0.2, 0.25) is 5.91 Å². The van der Waals surface area contributed by atoms with Gasteiger partial charge in [-0.05, 0) is 37.6 Å². The number of carbonyl (C=O) groups excluding carboxylic acids is 1. The summed E-state index contributed by atoms with van der Waals surface area (Å²) >= 11 is 0. The van der Waals surface area contributed by atoms with Crippen molar-refractivity contribution in [1.29, 1.82) is 0 Å². The minimum atomic E-state index is -0.363. The van der Waals surface area contributed by atoms with Crippen molar-refractivity contribution in [2.75, 3.05) is 25.6 Å². The van der Waals surface area contributed by atoms with Gasteiger partial charge in [-0.25, -0.2) is 4.39 Å². The van der Waals surface area contributed by atoms with E-state index in [1.165, 1.54) is 12.1 Å². The molecule has 0 saturated carbocycles. The molecule has 1 aromatic rings. The summed E-state index contributed by atoms with van der Waals surface area (Å²) in [7, 11) is 1.63. The molecule has 0 fully saturated rings. The second-order valence-electron chi connectivity index (χ2n) is 4.01. The second-order valence-corrected chi connectivity index (χ2v) is 4.01. The van der Waals surface area contributed by atoms with E-state index < -0.39 is 0 Å². The number of carbonyl (C=O) groups is 1. The lowest BCUT2D eigenvalue weighted by atomic mass is 10.2. The molecule has 0 heterocycles. The van der Waals surface area contributed by atoms with Crippen molar-refractivity contribution < 1.29 is 13.9 Å². The molecule has 0 aliphatic carbocycles. The van der Waals surface area contributed by atoms with E-state index in [4.69, 9.17) is 4.74 Å². The van der Waals surface area contributed by atoms with Crippen LogP contribution in [0.15, 0.2) is 24.3 Å². The Morgan fingerprint density at radius 1 is 1.39 bits per heavy atom. The first-order chi connectivity index (χ1) is 8.63. The third-order valence-electron chi connectivity index (χ3n) is 2.45. The first-order valence-electron chi connectivity index (χ1n) is 5.92. The molecule has 2 N–H and O–H groups in total. The molecule has 0 bridgehead atoms. The zero-order valence-corrected chi connectivity index (χ0v) is 10.7. The number of anilines is 1.